The number of rotatable bonds is 9. The molecule has 0 aliphatic rings. The second-order valence-corrected chi connectivity index (χ2v) is 5.01. The Morgan fingerprint density at radius 1 is 1.19 bits per heavy atom. The van der Waals surface area contributed by atoms with E-state index in [2.05, 4.69) is 5.32 Å². The Bertz CT molecular complexity index is 537. The van der Waals surface area contributed by atoms with Gasteiger partial charge in [-0.15, -0.1) is 0 Å². The van der Waals surface area contributed by atoms with E-state index in [4.69, 9.17) is 5.11 Å². The Morgan fingerprint density at radius 2 is 1.86 bits per heavy atom. The van der Waals surface area contributed by atoms with Crippen LogP contribution >= 0.6 is 0 Å². The van der Waals surface area contributed by atoms with Crippen molar-refractivity contribution in [1.82, 2.24) is 9.88 Å². The lowest BCUT2D eigenvalue weighted by Gasteiger charge is -2.06. The maximum Gasteiger partial charge on any atom is 0.303 e. The minimum atomic E-state index is -0.758. The molecule has 0 aromatic carbocycles. The number of carboxylic acids is 1. The molecule has 0 unspecified atom stereocenters. The first-order valence-corrected chi connectivity index (χ1v) is 7.18. The number of carbonyl (C=O) groups excluding carboxylic acids is 1. The Kier molecular flexibility index (Phi) is 7.21. The van der Waals surface area contributed by atoms with Gasteiger partial charge in [-0.2, -0.15) is 0 Å². The van der Waals surface area contributed by atoms with E-state index in [-0.39, 0.29) is 23.5 Å². The Labute approximate surface area is 123 Å². The van der Waals surface area contributed by atoms with Crippen molar-refractivity contribution in [2.75, 3.05) is 6.54 Å². The van der Waals surface area contributed by atoms with E-state index < -0.39 is 5.97 Å². The van der Waals surface area contributed by atoms with Crippen molar-refractivity contribution in [1.29, 1.82) is 0 Å². The summed E-state index contributed by atoms with van der Waals surface area (Å²) in [6.45, 7) is 0.524. The molecule has 0 fully saturated rings. The fourth-order valence-electron chi connectivity index (χ4n) is 2.00. The summed E-state index contributed by atoms with van der Waals surface area (Å²) >= 11 is 0. The molecule has 1 aromatic heterocycles. The summed E-state index contributed by atoms with van der Waals surface area (Å²) in [5.41, 5.74) is -0.148. The third kappa shape index (κ3) is 6.25. The lowest BCUT2D eigenvalue weighted by molar-refractivity contribution is -0.137. The number of aryl methyl sites for hydroxylation is 1. The molecule has 0 saturated carbocycles. The normalized spacial score (nSPS) is 10.3. The molecule has 1 heterocycles. The highest BCUT2D eigenvalue weighted by Gasteiger charge is 2.09. The second-order valence-electron chi connectivity index (χ2n) is 5.01. The molecule has 0 radical (unpaired) electrons. The summed E-state index contributed by atoms with van der Waals surface area (Å²) in [6, 6.07) is 3.18. The van der Waals surface area contributed by atoms with Crippen molar-refractivity contribution in [2.24, 2.45) is 7.05 Å². The number of carbonyl (C=O) groups is 2. The van der Waals surface area contributed by atoms with E-state index in [0.29, 0.717) is 13.0 Å². The number of nitrogens with zero attached hydrogens (tertiary/aromatic N) is 1. The number of nitrogens with one attached hydrogen (secondary N) is 1. The maximum atomic E-state index is 11.8. The van der Waals surface area contributed by atoms with Crippen molar-refractivity contribution in [2.45, 2.75) is 38.5 Å². The molecule has 6 heteroatoms. The van der Waals surface area contributed by atoms with Gasteiger partial charge in [-0.25, -0.2) is 0 Å². The standard InChI is InChI=1S/C15H22N2O4/c1-17-11-7-8-12(15(17)21)14(20)16-10-6-4-2-3-5-9-13(18)19/h7-8,11H,2-6,9-10H2,1H3,(H,16,20)(H,18,19). The number of amides is 1. The molecule has 21 heavy (non-hydrogen) atoms. The third-order valence-corrected chi connectivity index (χ3v) is 3.22. The quantitative estimate of drug-likeness (QED) is 0.676. The van der Waals surface area contributed by atoms with Crippen molar-refractivity contribution >= 4 is 11.9 Å². The molecular weight excluding hydrogens is 272 g/mol. The lowest BCUT2D eigenvalue weighted by Crippen LogP contribution is -2.32. The summed E-state index contributed by atoms with van der Waals surface area (Å²) < 4.78 is 1.37. The number of aromatic nitrogens is 1. The molecule has 0 bridgehead atoms. The van der Waals surface area contributed by atoms with Crippen LogP contribution < -0.4 is 10.9 Å². The number of carboxylic acid groups (broad SMARTS) is 1. The van der Waals surface area contributed by atoms with Gasteiger partial charge in [0.05, 0.1) is 0 Å². The van der Waals surface area contributed by atoms with E-state index in [0.717, 1.165) is 25.7 Å². The van der Waals surface area contributed by atoms with E-state index in [1.807, 2.05) is 0 Å². The van der Waals surface area contributed by atoms with Gasteiger partial charge in [-0.05, 0) is 25.0 Å². The molecule has 0 spiro atoms. The predicted molar refractivity (Wildman–Crippen MR) is 79.4 cm³/mol. The molecule has 2 N–H and O–H groups in total. The van der Waals surface area contributed by atoms with Crippen LogP contribution in [0.1, 0.15) is 48.9 Å². The van der Waals surface area contributed by atoms with Gasteiger partial charge in [0.15, 0.2) is 0 Å². The van der Waals surface area contributed by atoms with Crippen LogP contribution in [0.5, 0.6) is 0 Å². The number of unbranched alkanes of at least 4 members (excludes halogenated alkanes) is 4. The Hall–Kier alpha value is -2.11. The topological polar surface area (TPSA) is 88.4 Å². The van der Waals surface area contributed by atoms with Crippen LogP contribution in [0.2, 0.25) is 0 Å². The summed E-state index contributed by atoms with van der Waals surface area (Å²) in [5.74, 6) is -1.10. The van der Waals surface area contributed by atoms with Gasteiger partial charge in [-0.1, -0.05) is 19.3 Å². The average Bonchev–Trinajstić information content (AvgIpc) is 2.44. The van der Waals surface area contributed by atoms with Crippen LogP contribution in [0.3, 0.4) is 0 Å². The molecule has 1 amide bonds. The van der Waals surface area contributed by atoms with E-state index in [1.165, 1.54) is 10.6 Å². The highest BCUT2D eigenvalue weighted by molar-refractivity contribution is 5.93. The molecular formula is C15H22N2O4. The van der Waals surface area contributed by atoms with Crippen molar-refractivity contribution in [3.8, 4) is 0 Å². The predicted octanol–water partition coefficient (Wildman–Crippen LogP) is 1.54. The van der Waals surface area contributed by atoms with Gasteiger partial charge in [0.2, 0.25) is 0 Å². The van der Waals surface area contributed by atoms with Gasteiger partial charge in [0, 0.05) is 26.2 Å². The van der Waals surface area contributed by atoms with Gasteiger partial charge < -0.3 is 15.0 Å². The van der Waals surface area contributed by atoms with Crippen molar-refractivity contribution in [3.05, 3.63) is 34.2 Å². The average molecular weight is 294 g/mol. The first kappa shape index (κ1) is 16.9. The number of hydrogen-bond acceptors (Lipinski definition) is 3. The highest BCUT2D eigenvalue weighted by atomic mass is 16.4. The number of pyridine rings is 1. The van der Waals surface area contributed by atoms with E-state index >= 15 is 0 Å². The van der Waals surface area contributed by atoms with Gasteiger partial charge in [0.25, 0.3) is 11.5 Å². The van der Waals surface area contributed by atoms with Crippen LogP contribution in [0, 0.1) is 0 Å². The SMILES string of the molecule is Cn1cccc(C(=O)NCCCCCCCC(=O)O)c1=O. The van der Waals surface area contributed by atoms with Crippen molar-refractivity contribution < 1.29 is 14.7 Å². The minimum Gasteiger partial charge on any atom is -0.481 e. The maximum absolute atomic E-state index is 11.8. The molecule has 0 aliphatic carbocycles. The zero-order chi connectivity index (χ0) is 15.7. The third-order valence-electron chi connectivity index (χ3n) is 3.22. The summed E-state index contributed by atoms with van der Waals surface area (Å²) in [4.78, 5) is 33.9. The zero-order valence-corrected chi connectivity index (χ0v) is 12.3. The molecule has 116 valence electrons. The molecule has 0 atom stereocenters. The highest BCUT2D eigenvalue weighted by Crippen LogP contribution is 2.04. The van der Waals surface area contributed by atoms with E-state index in [9.17, 15) is 14.4 Å². The Morgan fingerprint density at radius 3 is 2.57 bits per heavy atom. The fraction of sp³-hybridized carbons (Fsp3) is 0.533. The second kappa shape index (κ2) is 8.94. The van der Waals surface area contributed by atoms with Gasteiger partial charge in [-0.3, -0.25) is 14.4 Å². The van der Waals surface area contributed by atoms with Gasteiger partial charge in [0.1, 0.15) is 5.56 Å². The number of hydrogen-bond donors (Lipinski definition) is 2. The minimum absolute atomic E-state index is 0.154. The first-order valence-electron chi connectivity index (χ1n) is 7.18. The summed E-state index contributed by atoms with van der Waals surface area (Å²) in [7, 11) is 1.61. The summed E-state index contributed by atoms with van der Waals surface area (Å²) in [5, 5.41) is 11.2. The fourth-order valence-corrected chi connectivity index (χ4v) is 2.00. The van der Waals surface area contributed by atoms with Crippen molar-refractivity contribution in [3.63, 3.8) is 0 Å². The van der Waals surface area contributed by atoms with E-state index in [1.54, 1.807) is 19.3 Å². The molecule has 6 nitrogen and oxygen atoms in total. The largest absolute Gasteiger partial charge is 0.481 e. The molecule has 1 rings (SSSR count). The van der Waals surface area contributed by atoms with Gasteiger partial charge >= 0.3 is 5.97 Å². The lowest BCUT2D eigenvalue weighted by atomic mass is 10.1. The van der Waals surface area contributed by atoms with Crippen LogP contribution in [0.4, 0.5) is 0 Å². The molecule has 1 aromatic rings. The summed E-state index contributed by atoms with van der Waals surface area (Å²) in [6.07, 6.45) is 6.13. The smallest absolute Gasteiger partial charge is 0.303 e. The van der Waals surface area contributed by atoms with Crippen LogP contribution in [0.15, 0.2) is 23.1 Å². The zero-order valence-electron chi connectivity index (χ0n) is 12.3. The Balaban J connectivity index is 2.18. The first-order chi connectivity index (χ1) is 10.0. The van der Waals surface area contributed by atoms with Crippen LogP contribution in [-0.4, -0.2) is 28.1 Å². The molecule has 0 aliphatic heterocycles. The van der Waals surface area contributed by atoms with Crippen LogP contribution in [0.25, 0.3) is 0 Å². The van der Waals surface area contributed by atoms with Crippen LogP contribution in [-0.2, 0) is 11.8 Å². The monoisotopic (exact) mass is 294 g/mol. The number of aliphatic carboxylic acids is 1. The molecule has 0 saturated heterocycles.